The lowest BCUT2D eigenvalue weighted by Crippen LogP contribution is -2.44. The number of carbonyl (C=O) groups is 1. The van der Waals surface area contributed by atoms with Crippen molar-refractivity contribution in [2.75, 3.05) is 13.1 Å². The average molecular weight is 544 g/mol. The minimum atomic E-state index is -0.553. The molecule has 1 fully saturated rings. The third kappa shape index (κ3) is 6.01. The lowest BCUT2D eigenvalue weighted by Gasteiger charge is -2.34. The molecule has 0 bridgehead atoms. The molecule has 202 valence electrons. The van der Waals surface area contributed by atoms with Gasteiger partial charge in [-0.1, -0.05) is 54.1 Å². The second-order valence-corrected chi connectivity index (χ2v) is 11.8. The van der Waals surface area contributed by atoms with Gasteiger partial charge in [-0.25, -0.2) is 9.78 Å². The van der Waals surface area contributed by atoms with Gasteiger partial charge in [0.2, 0.25) is 0 Å². The number of ether oxygens (including phenoxy) is 1. The Labute approximate surface area is 234 Å². The van der Waals surface area contributed by atoms with Gasteiger partial charge in [-0.2, -0.15) is 0 Å². The standard InChI is InChI=1S/C32H34ClN3O3/c1-21-8-5-6-10-26(21)29-34-28-16-13-24(23-11-14-25(33)15-12-23)18-27(28)30(37)36(29)20-22-9-7-17-35(19-22)31(38)39-32(2,3)4/h5-6,8,10-16,18,22H,7,9,17,19-20H2,1-4H3. The van der Waals surface area contributed by atoms with Gasteiger partial charge in [-0.3, -0.25) is 9.36 Å². The molecule has 0 aliphatic carbocycles. The van der Waals surface area contributed by atoms with Crippen molar-refractivity contribution in [2.45, 2.75) is 52.7 Å². The van der Waals surface area contributed by atoms with Crippen LogP contribution in [0, 0.1) is 12.8 Å². The summed E-state index contributed by atoms with van der Waals surface area (Å²) in [6, 6.07) is 21.4. The number of hydrogen-bond acceptors (Lipinski definition) is 4. The van der Waals surface area contributed by atoms with Gasteiger partial charge in [0, 0.05) is 30.2 Å². The highest BCUT2D eigenvalue weighted by atomic mass is 35.5. The fraction of sp³-hybridized carbons (Fsp3) is 0.344. The summed E-state index contributed by atoms with van der Waals surface area (Å²) in [5.74, 6) is 0.754. The van der Waals surface area contributed by atoms with Crippen molar-refractivity contribution in [1.82, 2.24) is 14.5 Å². The zero-order valence-electron chi connectivity index (χ0n) is 22.9. The fourth-order valence-electron chi connectivity index (χ4n) is 5.21. The Hall–Kier alpha value is -3.64. The molecule has 1 atom stereocenters. The molecule has 0 N–H and O–H groups in total. The molecule has 0 spiro atoms. The molecule has 5 rings (SSSR count). The highest BCUT2D eigenvalue weighted by Crippen LogP contribution is 2.28. The molecule has 6 nitrogen and oxygen atoms in total. The molecule has 4 aromatic rings. The Morgan fingerprint density at radius 1 is 1.05 bits per heavy atom. The maximum Gasteiger partial charge on any atom is 0.410 e. The summed E-state index contributed by atoms with van der Waals surface area (Å²) in [5.41, 5.74) is 3.92. The zero-order valence-corrected chi connectivity index (χ0v) is 23.7. The zero-order chi connectivity index (χ0) is 27.7. The number of nitrogens with zero attached hydrogens (tertiary/aromatic N) is 3. The monoisotopic (exact) mass is 543 g/mol. The molecule has 1 saturated heterocycles. The first-order valence-corrected chi connectivity index (χ1v) is 13.8. The van der Waals surface area contributed by atoms with Crippen LogP contribution in [0.1, 0.15) is 39.2 Å². The first-order chi connectivity index (χ1) is 18.6. The van der Waals surface area contributed by atoms with Gasteiger partial charge < -0.3 is 9.64 Å². The van der Waals surface area contributed by atoms with Gasteiger partial charge in [-0.05, 0) is 87.4 Å². The van der Waals surface area contributed by atoms with E-state index in [0.717, 1.165) is 35.1 Å². The van der Waals surface area contributed by atoms with Crippen molar-refractivity contribution in [3.63, 3.8) is 0 Å². The number of hydrogen-bond donors (Lipinski definition) is 0. The number of fused-ring (bicyclic) bond motifs is 1. The lowest BCUT2D eigenvalue weighted by atomic mass is 9.97. The topological polar surface area (TPSA) is 64.4 Å². The van der Waals surface area contributed by atoms with Crippen LogP contribution in [-0.4, -0.2) is 39.2 Å². The molecule has 3 aromatic carbocycles. The van der Waals surface area contributed by atoms with Gasteiger partial charge in [-0.15, -0.1) is 0 Å². The number of carbonyl (C=O) groups excluding carboxylic acids is 1. The van der Waals surface area contributed by atoms with Gasteiger partial charge in [0.05, 0.1) is 10.9 Å². The summed E-state index contributed by atoms with van der Waals surface area (Å²) in [7, 11) is 0. The third-order valence-electron chi connectivity index (χ3n) is 7.13. The Kier molecular flexibility index (Phi) is 7.50. The highest BCUT2D eigenvalue weighted by molar-refractivity contribution is 6.30. The smallest absolute Gasteiger partial charge is 0.410 e. The first-order valence-electron chi connectivity index (χ1n) is 13.4. The van der Waals surface area contributed by atoms with E-state index in [4.69, 9.17) is 21.3 Å². The van der Waals surface area contributed by atoms with Crippen LogP contribution in [0.15, 0.2) is 71.5 Å². The van der Waals surface area contributed by atoms with Crippen LogP contribution in [0.3, 0.4) is 0 Å². The third-order valence-corrected chi connectivity index (χ3v) is 7.38. The highest BCUT2D eigenvalue weighted by Gasteiger charge is 2.29. The van der Waals surface area contributed by atoms with E-state index in [1.807, 2.05) is 94.4 Å². The van der Waals surface area contributed by atoms with E-state index < -0.39 is 5.60 Å². The van der Waals surface area contributed by atoms with E-state index in [1.54, 1.807) is 9.47 Å². The Bertz CT molecular complexity index is 1570. The summed E-state index contributed by atoms with van der Waals surface area (Å²) < 4.78 is 7.43. The molecule has 1 aromatic heterocycles. The minimum absolute atomic E-state index is 0.0801. The van der Waals surface area contributed by atoms with E-state index in [9.17, 15) is 9.59 Å². The van der Waals surface area contributed by atoms with Crippen molar-refractivity contribution in [3.8, 4) is 22.5 Å². The van der Waals surface area contributed by atoms with Crippen LogP contribution in [0.5, 0.6) is 0 Å². The molecule has 39 heavy (non-hydrogen) atoms. The number of aryl methyl sites for hydroxylation is 1. The SMILES string of the molecule is Cc1ccccc1-c1nc2ccc(-c3ccc(Cl)cc3)cc2c(=O)n1CC1CCCN(C(=O)OC(C)(C)C)C1. The van der Waals surface area contributed by atoms with E-state index in [2.05, 4.69) is 0 Å². The molecule has 0 saturated carbocycles. The molecule has 1 aliphatic heterocycles. The number of aromatic nitrogens is 2. The van der Waals surface area contributed by atoms with Crippen molar-refractivity contribution < 1.29 is 9.53 Å². The number of benzene rings is 3. The quantitative estimate of drug-likeness (QED) is 0.270. The van der Waals surface area contributed by atoms with Crippen LogP contribution in [0.4, 0.5) is 4.79 Å². The van der Waals surface area contributed by atoms with E-state index >= 15 is 0 Å². The van der Waals surface area contributed by atoms with Crippen LogP contribution in [0.2, 0.25) is 5.02 Å². The van der Waals surface area contributed by atoms with Gasteiger partial charge in [0.25, 0.3) is 5.56 Å². The molecular weight excluding hydrogens is 510 g/mol. The van der Waals surface area contributed by atoms with Crippen molar-refractivity contribution >= 4 is 28.6 Å². The number of likely N-dealkylation sites (tertiary alicyclic amines) is 1. The normalized spacial score (nSPS) is 15.9. The van der Waals surface area contributed by atoms with E-state index in [0.29, 0.717) is 41.4 Å². The molecule has 0 radical (unpaired) electrons. The summed E-state index contributed by atoms with van der Waals surface area (Å²) in [6.07, 6.45) is 1.48. The lowest BCUT2D eigenvalue weighted by molar-refractivity contribution is 0.0157. The Balaban J connectivity index is 1.56. The second-order valence-electron chi connectivity index (χ2n) is 11.3. The minimum Gasteiger partial charge on any atom is -0.444 e. The van der Waals surface area contributed by atoms with E-state index in [1.165, 1.54) is 0 Å². The number of amides is 1. The predicted molar refractivity (Wildman–Crippen MR) is 157 cm³/mol. The van der Waals surface area contributed by atoms with Gasteiger partial charge in [0.1, 0.15) is 11.4 Å². The van der Waals surface area contributed by atoms with Crippen LogP contribution >= 0.6 is 11.6 Å². The molecule has 1 aliphatic rings. The second kappa shape index (κ2) is 10.9. The largest absolute Gasteiger partial charge is 0.444 e. The maximum atomic E-state index is 14.1. The van der Waals surface area contributed by atoms with Crippen molar-refractivity contribution in [2.24, 2.45) is 5.92 Å². The summed E-state index contributed by atoms with van der Waals surface area (Å²) in [5, 5.41) is 1.24. The van der Waals surface area contributed by atoms with Gasteiger partial charge in [0.15, 0.2) is 0 Å². The average Bonchev–Trinajstić information content (AvgIpc) is 2.90. The fourth-order valence-corrected chi connectivity index (χ4v) is 5.33. The molecule has 1 amide bonds. The van der Waals surface area contributed by atoms with E-state index in [-0.39, 0.29) is 17.6 Å². The Morgan fingerprint density at radius 2 is 1.77 bits per heavy atom. The van der Waals surface area contributed by atoms with Crippen LogP contribution in [-0.2, 0) is 11.3 Å². The molecule has 1 unspecified atom stereocenters. The Morgan fingerprint density at radius 3 is 2.49 bits per heavy atom. The number of rotatable bonds is 4. The first kappa shape index (κ1) is 26.9. The number of piperidine rings is 1. The van der Waals surface area contributed by atoms with Gasteiger partial charge >= 0.3 is 6.09 Å². The van der Waals surface area contributed by atoms with Crippen LogP contribution < -0.4 is 5.56 Å². The van der Waals surface area contributed by atoms with Crippen molar-refractivity contribution in [1.29, 1.82) is 0 Å². The molecular formula is C32H34ClN3O3. The summed E-state index contributed by atoms with van der Waals surface area (Å²) >= 11 is 6.09. The predicted octanol–water partition coefficient (Wildman–Crippen LogP) is 7.34. The summed E-state index contributed by atoms with van der Waals surface area (Å²) in [4.78, 5) is 33.7. The summed E-state index contributed by atoms with van der Waals surface area (Å²) in [6.45, 7) is 9.32. The van der Waals surface area contributed by atoms with Crippen molar-refractivity contribution in [3.05, 3.63) is 87.7 Å². The number of halogens is 1. The van der Waals surface area contributed by atoms with Crippen LogP contribution in [0.25, 0.3) is 33.4 Å². The molecule has 2 heterocycles. The maximum absolute atomic E-state index is 14.1. The molecule has 7 heteroatoms.